The summed E-state index contributed by atoms with van der Waals surface area (Å²) in [7, 11) is 0. The van der Waals surface area contributed by atoms with E-state index in [-0.39, 0.29) is 12.3 Å². The molecule has 1 fully saturated rings. The Hall–Kier alpha value is -0.550. The van der Waals surface area contributed by atoms with Crippen molar-refractivity contribution in [2.24, 2.45) is 0 Å². The summed E-state index contributed by atoms with van der Waals surface area (Å²) < 4.78 is 27.2. The topological polar surface area (TPSA) is 24.9 Å². The van der Waals surface area contributed by atoms with Crippen LogP contribution in [0.2, 0.25) is 0 Å². The zero-order valence-corrected chi connectivity index (χ0v) is 10.8. The monoisotopic (exact) mass is 260 g/mol. The third kappa shape index (κ3) is 3.22. The van der Waals surface area contributed by atoms with Crippen LogP contribution in [0, 0.1) is 0 Å². The van der Waals surface area contributed by atoms with Crippen molar-refractivity contribution < 1.29 is 8.78 Å². The first kappa shape index (κ1) is 12.9. The Balaban J connectivity index is 1.85. The number of alkyl halides is 2. The first-order valence-corrected chi connectivity index (χ1v) is 6.98. The lowest BCUT2D eigenvalue weighted by Crippen LogP contribution is -2.48. The van der Waals surface area contributed by atoms with Crippen molar-refractivity contribution in [1.29, 1.82) is 0 Å². The van der Waals surface area contributed by atoms with Gasteiger partial charge in [0.2, 0.25) is 0 Å². The minimum absolute atomic E-state index is 0.0241. The van der Waals surface area contributed by atoms with Gasteiger partial charge in [0.05, 0.1) is 11.0 Å². The van der Waals surface area contributed by atoms with Crippen LogP contribution in [0.5, 0.6) is 0 Å². The van der Waals surface area contributed by atoms with Gasteiger partial charge in [0.25, 0.3) is 5.92 Å². The molecule has 0 amide bonds. The van der Waals surface area contributed by atoms with Crippen molar-refractivity contribution in [3.63, 3.8) is 0 Å². The number of nitrogens with zero attached hydrogens (tertiary/aromatic N) is 1. The van der Waals surface area contributed by atoms with Gasteiger partial charge in [-0.05, 0) is 12.8 Å². The number of rotatable bonds is 4. The second kappa shape index (κ2) is 5.40. The SMILES string of the molecule is CC(CNC1CCCCC1(F)F)c1nccs1. The molecule has 1 aliphatic carbocycles. The van der Waals surface area contributed by atoms with Crippen LogP contribution in [-0.4, -0.2) is 23.5 Å². The Bertz CT molecular complexity index is 340. The molecule has 2 atom stereocenters. The molecule has 2 nitrogen and oxygen atoms in total. The zero-order chi connectivity index (χ0) is 12.3. The molecule has 1 aromatic heterocycles. The van der Waals surface area contributed by atoms with Crippen LogP contribution in [0.25, 0.3) is 0 Å². The van der Waals surface area contributed by atoms with Crippen LogP contribution < -0.4 is 5.32 Å². The molecule has 0 aliphatic heterocycles. The summed E-state index contributed by atoms with van der Waals surface area (Å²) in [5.41, 5.74) is 0. The third-order valence-corrected chi connectivity index (χ3v) is 4.31. The van der Waals surface area contributed by atoms with Gasteiger partial charge in [-0.15, -0.1) is 11.3 Å². The van der Waals surface area contributed by atoms with E-state index in [1.807, 2.05) is 12.3 Å². The van der Waals surface area contributed by atoms with Crippen LogP contribution >= 0.6 is 11.3 Å². The Kier molecular flexibility index (Phi) is 4.09. The molecule has 1 aromatic rings. The van der Waals surface area contributed by atoms with Crippen LogP contribution in [0.3, 0.4) is 0 Å². The fourth-order valence-electron chi connectivity index (χ4n) is 2.23. The van der Waals surface area contributed by atoms with E-state index in [2.05, 4.69) is 10.3 Å². The molecule has 96 valence electrons. The van der Waals surface area contributed by atoms with E-state index in [9.17, 15) is 8.78 Å². The maximum absolute atomic E-state index is 13.6. The summed E-state index contributed by atoms with van der Waals surface area (Å²) >= 11 is 1.58. The maximum Gasteiger partial charge on any atom is 0.263 e. The lowest BCUT2D eigenvalue weighted by Gasteiger charge is -2.32. The fourth-order valence-corrected chi connectivity index (χ4v) is 2.93. The predicted octanol–water partition coefficient (Wildman–Crippen LogP) is 3.41. The average Bonchev–Trinajstić information content (AvgIpc) is 2.80. The molecule has 1 N–H and O–H groups in total. The normalized spacial score (nSPS) is 25.7. The van der Waals surface area contributed by atoms with Crippen molar-refractivity contribution in [2.75, 3.05) is 6.54 Å². The highest BCUT2D eigenvalue weighted by Gasteiger charge is 2.41. The van der Waals surface area contributed by atoms with Gasteiger partial charge in [0.1, 0.15) is 0 Å². The average molecular weight is 260 g/mol. The van der Waals surface area contributed by atoms with Gasteiger partial charge in [-0.25, -0.2) is 13.8 Å². The number of thiazole rings is 1. The van der Waals surface area contributed by atoms with E-state index in [1.54, 1.807) is 17.5 Å². The smallest absolute Gasteiger partial charge is 0.263 e. The Morgan fingerprint density at radius 1 is 1.59 bits per heavy atom. The Morgan fingerprint density at radius 3 is 3.06 bits per heavy atom. The van der Waals surface area contributed by atoms with Crippen LogP contribution in [0.15, 0.2) is 11.6 Å². The Morgan fingerprint density at radius 2 is 2.41 bits per heavy atom. The standard InChI is InChI=1S/C12H18F2N2S/c1-9(11-15-6-7-17-11)8-16-10-4-2-3-5-12(10,13)14/h6-7,9-10,16H,2-5,8H2,1H3. The van der Waals surface area contributed by atoms with Gasteiger partial charge in [-0.3, -0.25) is 0 Å². The summed E-state index contributed by atoms with van der Waals surface area (Å²) in [5, 5.41) is 5.95. The Labute approximate surface area is 104 Å². The third-order valence-electron chi connectivity index (χ3n) is 3.31. The first-order valence-electron chi connectivity index (χ1n) is 6.10. The van der Waals surface area contributed by atoms with E-state index < -0.39 is 12.0 Å². The van der Waals surface area contributed by atoms with Crippen molar-refractivity contribution >= 4 is 11.3 Å². The van der Waals surface area contributed by atoms with Crippen molar-refractivity contribution in [3.8, 4) is 0 Å². The highest BCUT2D eigenvalue weighted by atomic mass is 32.1. The maximum atomic E-state index is 13.6. The number of halogens is 2. The zero-order valence-electron chi connectivity index (χ0n) is 9.96. The van der Waals surface area contributed by atoms with Gasteiger partial charge >= 0.3 is 0 Å². The predicted molar refractivity (Wildman–Crippen MR) is 65.7 cm³/mol. The molecule has 5 heteroatoms. The minimum Gasteiger partial charge on any atom is -0.308 e. The van der Waals surface area contributed by atoms with Gasteiger partial charge in [0.15, 0.2) is 0 Å². The molecular weight excluding hydrogens is 242 g/mol. The number of hydrogen-bond acceptors (Lipinski definition) is 3. The second-order valence-corrected chi connectivity index (χ2v) is 5.67. The van der Waals surface area contributed by atoms with Gasteiger partial charge in [0, 0.05) is 30.5 Å². The number of aromatic nitrogens is 1. The molecule has 0 saturated heterocycles. The number of hydrogen-bond donors (Lipinski definition) is 1. The van der Waals surface area contributed by atoms with E-state index >= 15 is 0 Å². The van der Waals surface area contributed by atoms with Crippen LogP contribution in [0.4, 0.5) is 8.78 Å². The molecule has 2 rings (SSSR count). The summed E-state index contributed by atoms with van der Waals surface area (Å²) in [6, 6.07) is -0.654. The van der Waals surface area contributed by atoms with Crippen LogP contribution in [-0.2, 0) is 0 Å². The molecule has 1 heterocycles. The summed E-state index contributed by atoms with van der Waals surface area (Å²) in [5.74, 6) is -2.34. The fraction of sp³-hybridized carbons (Fsp3) is 0.750. The lowest BCUT2D eigenvalue weighted by molar-refractivity contribution is -0.0636. The van der Waals surface area contributed by atoms with E-state index in [1.165, 1.54) is 0 Å². The van der Waals surface area contributed by atoms with Crippen molar-refractivity contribution in [1.82, 2.24) is 10.3 Å². The highest BCUT2D eigenvalue weighted by molar-refractivity contribution is 7.09. The summed E-state index contributed by atoms with van der Waals surface area (Å²) in [6.45, 7) is 2.60. The molecule has 0 bridgehead atoms. The summed E-state index contributed by atoms with van der Waals surface area (Å²) in [4.78, 5) is 4.21. The molecule has 0 radical (unpaired) electrons. The van der Waals surface area contributed by atoms with Crippen molar-refractivity contribution in [2.45, 2.75) is 50.5 Å². The lowest BCUT2D eigenvalue weighted by atomic mass is 9.91. The molecule has 1 saturated carbocycles. The summed E-state index contributed by atoms with van der Waals surface area (Å²) in [6.07, 6.45) is 3.91. The van der Waals surface area contributed by atoms with Gasteiger partial charge < -0.3 is 5.32 Å². The minimum atomic E-state index is -2.54. The second-order valence-electron chi connectivity index (χ2n) is 4.74. The molecule has 1 aliphatic rings. The van der Waals surface area contributed by atoms with Gasteiger partial charge in [-0.2, -0.15) is 0 Å². The first-order chi connectivity index (χ1) is 8.09. The van der Waals surface area contributed by atoms with Crippen molar-refractivity contribution in [3.05, 3.63) is 16.6 Å². The van der Waals surface area contributed by atoms with E-state index in [4.69, 9.17) is 0 Å². The molecule has 17 heavy (non-hydrogen) atoms. The van der Waals surface area contributed by atoms with Crippen LogP contribution in [0.1, 0.15) is 43.5 Å². The highest BCUT2D eigenvalue weighted by Crippen LogP contribution is 2.33. The largest absolute Gasteiger partial charge is 0.308 e. The van der Waals surface area contributed by atoms with E-state index in [0.717, 1.165) is 11.4 Å². The molecule has 0 aromatic carbocycles. The number of nitrogens with one attached hydrogen (secondary N) is 1. The molecule has 2 unspecified atom stereocenters. The van der Waals surface area contributed by atoms with E-state index in [0.29, 0.717) is 19.4 Å². The molecule has 0 spiro atoms. The molecular formula is C12H18F2N2S. The quantitative estimate of drug-likeness (QED) is 0.897. The van der Waals surface area contributed by atoms with Gasteiger partial charge in [-0.1, -0.05) is 13.3 Å².